The highest BCUT2D eigenvalue weighted by Gasteiger charge is 2.21. The Morgan fingerprint density at radius 2 is 2.06 bits per heavy atom. The second-order valence-electron chi connectivity index (χ2n) is 3.61. The first-order valence-corrected chi connectivity index (χ1v) is 7.63. The van der Waals surface area contributed by atoms with E-state index in [1.54, 1.807) is 12.1 Å². The molecule has 0 aliphatic rings. The first-order chi connectivity index (χ1) is 8.28. The molecule has 0 saturated carbocycles. The van der Waals surface area contributed by atoms with Crippen molar-refractivity contribution in [3.05, 3.63) is 22.7 Å². The lowest BCUT2D eigenvalue weighted by molar-refractivity contribution is -0.113. The summed E-state index contributed by atoms with van der Waals surface area (Å²) >= 11 is 8.54. The van der Waals surface area contributed by atoms with Crippen LogP contribution in [0.1, 0.15) is 0 Å². The zero-order chi connectivity index (χ0) is 13.9. The molecular formula is C10H12BrClN2O3S. The van der Waals surface area contributed by atoms with Gasteiger partial charge in [0.25, 0.3) is 0 Å². The maximum absolute atomic E-state index is 12.0. The summed E-state index contributed by atoms with van der Waals surface area (Å²) in [4.78, 5) is 11.2. The predicted molar refractivity (Wildman–Crippen MR) is 74.4 cm³/mol. The molecule has 1 amide bonds. The second-order valence-corrected chi connectivity index (χ2v) is 6.86. The Morgan fingerprint density at radius 1 is 1.44 bits per heavy atom. The van der Waals surface area contributed by atoms with E-state index in [9.17, 15) is 13.2 Å². The Kier molecular flexibility index (Phi) is 5.15. The molecule has 0 heterocycles. The highest BCUT2D eigenvalue weighted by atomic mass is 79.9. The van der Waals surface area contributed by atoms with E-state index in [0.29, 0.717) is 10.2 Å². The smallest absolute Gasteiger partial charge is 0.243 e. The van der Waals surface area contributed by atoms with Crippen LogP contribution < -0.4 is 5.32 Å². The molecule has 0 spiro atoms. The van der Waals surface area contributed by atoms with Crippen molar-refractivity contribution in [1.29, 1.82) is 0 Å². The number of carbonyl (C=O) groups is 1. The SMILES string of the molecule is CN(C)S(=O)(=O)c1cc(NC(=O)CCl)ccc1Br. The first kappa shape index (κ1) is 15.4. The van der Waals surface area contributed by atoms with Crippen molar-refractivity contribution in [3.8, 4) is 0 Å². The van der Waals surface area contributed by atoms with Gasteiger partial charge in [-0.1, -0.05) is 0 Å². The number of hydrogen-bond donors (Lipinski definition) is 1. The molecule has 0 aliphatic carbocycles. The van der Waals surface area contributed by atoms with E-state index in [4.69, 9.17) is 11.6 Å². The van der Waals surface area contributed by atoms with Crippen LogP contribution in [0.5, 0.6) is 0 Å². The van der Waals surface area contributed by atoms with Crippen molar-refractivity contribution in [2.75, 3.05) is 25.3 Å². The zero-order valence-corrected chi connectivity index (χ0v) is 12.9. The third kappa shape index (κ3) is 3.44. The topological polar surface area (TPSA) is 66.5 Å². The summed E-state index contributed by atoms with van der Waals surface area (Å²) in [6, 6.07) is 4.52. The molecule has 0 bridgehead atoms. The van der Waals surface area contributed by atoms with Crippen molar-refractivity contribution in [3.63, 3.8) is 0 Å². The molecule has 0 radical (unpaired) electrons. The van der Waals surface area contributed by atoms with Crippen molar-refractivity contribution in [2.45, 2.75) is 4.90 Å². The lowest BCUT2D eigenvalue weighted by Crippen LogP contribution is -2.23. The summed E-state index contributed by atoms with van der Waals surface area (Å²) < 4.78 is 25.6. The third-order valence-electron chi connectivity index (χ3n) is 2.09. The van der Waals surface area contributed by atoms with E-state index in [1.165, 1.54) is 20.2 Å². The van der Waals surface area contributed by atoms with E-state index in [2.05, 4.69) is 21.2 Å². The van der Waals surface area contributed by atoms with Crippen molar-refractivity contribution >= 4 is 49.1 Å². The van der Waals surface area contributed by atoms with Crippen LogP contribution in [0, 0.1) is 0 Å². The molecule has 1 aromatic rings. The standard InChI is InChI=1S/C10H12BrClN2O3S/c1-14(2)18(16,17)9-5-7(3-4-8(9)11)13-10(15)6-12/h3-5H,6H2,1-2H3,(H,13,15). The van der Waals surface area contributed by atoms with Gasteiger partial charge in [0.2, 0.25) is 15.9 Å². The Labute approximate surface area is 119 Å². The minimum atomic E-state index is -3.57. The van der Waals surface area contributed by atoms with Gasteiger partial charge in [0.15, 0.2) is 0 Å². The average molecular weight is 356 g/mol. The summed E-state index contributed by atoms with van der Waals surface area (Å²) in [5.41, 5.74) is 0.379. The van der Waals surface area contributed by atoms with E-state index >= 15 is 0 Å². The maximum Gasteiger partial charge on any atom is 0.243 e. The van der Waals surface area contributed by atoms with E-state index in [0.717, 1.165) is 4.31 Å². The van der Waals surface area contributed by atoms with E-state index < -0.39 is 15.9 Å². The van der Waals surface area contributed by atoms with Gasteiger partial charge < -0.3 is 5.32 Å². The van der Waals surface area contributed by atoms with Gasteiger partial charge in [-0.3, -0.25) is 4.79 Å². The Balaban J connectivity index is 3.22. The fourth-order valence-electron chi connectivity index (χ4n) is 1.17. The summed E-state index contributed by atoms with van der Waals surface area (Å²) in [6.45, 7) is 0. The molecule has 0 aromatic heterocycles. The van der Waals surface area contributed by atoms with Gasteiger partial charge in [0.1, 0.15) is 5.88 Å². The number of amides is 1. The molecule has 18 heavy (non-hydrogen) atoms. The number of alkyl halides is 1. The Bertz CT molecular complexity index is 560. The molecule has 8 heteroatoms. The van der Waals surface area contributed by atoms with Crippen LogP contribution >= 0.6 is 27.5 Å². The minimum absolute atomic E-state index is 0.0832. The van der Waals surface area contributed by atoms with Crippen LogP contribution in [-0.4, -0.2) is 38.6 Å². The van der Waals surface area contributed by atoms with E-state index in [1.807, 2.05) is 0 Å². The first-order valence-electron chi connectivity index (χ1n) is 4.87. The number of nitrogens with zero attached hydrogens (tertiary/aromatic N) is 1. The lowest BCUT2D eigenvalue weighted by Gasteiger charge is -2.14. The Morgan fingerprint density at radius 3 is 2.56 bits per heavy atom. The number of halogens is 2. The number of sulfonamides is 1. The van der Waals surface area contributed by atoms with Gasteiger partial charge in [0, 0.05) is 24.3 Å². The summed E-state index contributed by atoms with van der Waals surface area (Å²) in [5.74, 6) is -0.585. The van der Waals surface area contributed by atoms with Crippen LogP contribution in [0.25, 0.3) is 0 Å². The molecular weight excluding hydrogens is 344 g/mol. The summed E-state index contributed by atoms with van der Waals surface area (Å²) in [6.07, 6.45) is 0. The van der Waals surface area contributed by atoms with Crippen LogP contribution in [0.4, 0.5) is 5.69 Å². The molecule has 0 fully saturated rings. The lowest BCUT2D eigenvalue weighted by atomic mass is 10.3. The summed E-state index contributed by atoms with van der Waals surface area (Å²) in [5, 5.41) is 2.50. The van der Waals surface area contributed by atoms with Gasteiger partial charge >= 0.3 is 0 Å². The quantitative estimate of drug-likeness (QED) is 0.839. The number of nitrogens with one attached hydrogen (secondary N) is 1. The van der Waals surface area contributed by atoms with Crippen molar-refractivity contribution in [1.82, 2.24) is 4.31 Å². The fourth-order valence-corrected chi connectivity index (χ4v) is 3.08. The number of hydrogen-bond acceptors (Lipinski definition) is 3. The normalized spacial score (nSPS) is 11.6. The average Bonchev–Trinajstić information content (AvgIpc) is 2.31. The monoisotopic (exact) mass is 354 g/mol. The number of anilines is 1. The Hall–Kier alpha value is -0.630. The molecule has 0 aliphatic heterocycles. The molecule has 0 saturated heterocycles. The maximum atomic E-state index is 12.0. The zero-order valence-electron chi connectivity index (χ0n) is 9.78. The largest absolute Gasteiger partial charge is 0.325 e. The van der Waals surface area contributed by atoms with Gasteiger partial charge in [0.05, 0.1) is 4.90 Å². The molecule has 100 valence electrons. The van der Waals surface area contributed by atoms with Gasteiger partial charge in [-0.25, -0.2) is 12.7 Å². The van der Waals surface area contributed by atoms with Gasteiger partial charge in [-0.05, 0) is 34.1 Å². The molecule has 0 atom stereocenters. The van der Waals surface area contributed by atoms with Gasteiger partial charge in [-0.15, -0.1) is 11.6 Å². The van der Waals surface area contributed by atoms with Crippen LogP contribution in [0.3, 0.4) is 0 Å². The van der Waals surface area contributed by atoms with Gasteiger partial charge in [-0.2, -0.15) is 0 Å². The van der Waals surface area contributed by atoms with Crippen LogP contribution in [0.15, 0.2) is 27.6 Å². The number of rotatable bonds is 4. The molecule has 1 N–H and O–H groups in total. The molecule has 1 rings (SSSR count). The van der Waals surface area contributed by atoms with Crippen molar-refractivity contribution in [2.24, 2.45) is 0 Å². The number of carbonyl (C=O) groups excluding carboxylic acids is 1. The summed E-state index contributed by atoms with van der Waals surface area (Å²) in [7, 11) is -0.698. The molecule has 0 unspecified atom stereocenters. The fraction of sp³-hybridized carbons (Fsp3) is 0.300. The van der Waals surface area contributed by atoms with Crippen molar-refractivity contribution < 1.29 is 13.2 Å². The number of benzene rings is 1. The highest BCUT2D eigenvalue weighted by molar-refractivity contribution is 9.10. The van der Waals surface area contributed by atoms with Crippen LogP contribution in [-0.2, 0) is 14.8 Å². The highest BCUT2D eigenvalue weighted by Crippen LogP contribution is 2.27. The molecule has 5 nitrogen and oxygen atoms in total. The third-order valence-corrected chi connectivity index (χ3v) is 5.15. The van der Waals surface area contributed by atoms with E-state index in [-0.39, 0.29) is 10.8 Å². The second kappa shape index (κ2) is 6.01. The predicted octanol–water partition coefficient (Wildman–Crippen LogP) is 1.88. The van der Waals surface area contributed by atoms with Crippen LogP contribution in [0.2, 0.25) is 0 Å². The molecule has 1 aromatic carbocycles. The minimum Gasteiger partial charge on any atom is -0.325 e.